The van der Waals surface area contributed by atoms with Gasteiger partial charge < -0.3 is 10.1 Å². The number of hydrogen-bond donors (Lipinski definition) is 1. The van der Waals surface area contributed by atoms with Gasteiger partial charge >= 0.3 is 0 Å². The van der Waals surface area contributed by atoms with Crippen LogP contribution in [0.1, 0.15) is 18.5 Å². The first-order valence-electron chi connectivity index (χ1n) is 11.3. The number of pyridine rings is 2. The number of benzene rings is 2. The molecule has 0 aliphatic heterocycles. The van der Waals surface area contributed by atoms with Crippen LogP contribution < -0.4 is 10.1 Å². The van der Waals surface area contributed by atoms with Gasteiger partial charge in [-0.25, -0.2) is 9.97 Å². The van der Waals surface area contributed by atoms with E-state index in [4.69, 9.17) is 14.7 Å². The van der Waals surface area contributed by atoms with Crippen molar-refractivity contribution in [2.75, 3.05) is 12.4 Å². The number of methoxy groups -OCH3 is 1. The van der Waals surface area contributed by atoms with Crippen LogP contribution in [-0.2, 0) is 5.54 Å². The molecule has 0 atom stereocenters. The molecule has 1 saturated carbocycles. The first kappa shape index (κ1) is 20.3. The van der Waals surface area contributed by atoms with Crippen molar-refractivity contribution in [3.63, 3.8) is 0 Å². The van der Waals surface area contributed by atoms with Gasteiger partial charge in [0.1, 0.15) is 11.6 Å². The van der Waals surface area contributed by atoms with E-state index in [0.717, 1.165) is 57.7 Å². The van der Waals surface area contributed by atoms with Crippen molar-refractivity contribution in [3.8, 4) is 28.3 Å². The van der Waals surface area contributed by atoms with Crippen LogP contribution >= 0.6 is 0 Å². The number of nitrogens with zero attached hydrogens (tertiary/aromatic N) is 4. The predicted molar refractivity (Wildman–Crippen MR) is 134 cm³/mol. The van der Waals surface area contributed by atoms with Gasteiger partial charge in [-0.2, -0.15) is 0 Å². The molecule has 1 aliphatic carbocycles. The van der Waals surface area contributed by atoms with E-state index in [1.165, 1.54) is 0 Å². The Labute approximate surface area is 197 Å². The fourth-order valence-corrected chi connectivity index (χ4v) is 4.27. The van der Waals surface area contributed by atoms with Crippen LogP contribution in [0.15, 0.2) is 91.4 Å². The summed E-state index contributed by atoms with van der Waals surface area (Å²) in [5.74, 6) is 2.28. The molecular weight excluding hydrogens is 422 g/mol. The molecule has 1 N–H and O–H groups in total. The van der Waals surface area contributed by atoms with Crippen LogP contribution in [0.3, 0.4) is 0 Å². The monoisotopic (exact) mass is 445 g/mol. The van der Waals surface area contributed by atoms with E-state index in [1.807, 2.05) is 48.7 Å². The summed E-state index contributed by atoms with van der Waals surface area (Å²) in [6.07, 6.45) is 7.41. The second-order valence-electron chi connectivity index (χ2n) is 8.52. The Bertz CT molecular complexity index is 1470. The highest BCUT2D eigenvalue weighted by molar-refractivity contribution is 5.94. The van der Waals surface area contributed by atoms with Gasteiger partial charge in [0.05, 0.1) is 23.9 Å². The van der Waals surface area contributed by atoms with Gasteiger partial charge in [0.15, 0.2) is 5.82 Å². The van der Waals surface area contributed by atoms with Gasteiger partial charge in [0.25, 0.3) is 0 Å². The average molecular weight is 446 g/mol. The Hall–Kier alpha value is -4.32. The SMILES string of the molecule is COc1cccc(-c2ccc3nc(-c4cccnc4)nc(NC4(c5ccccn5)CC4)c3c2)c1. The molecule has 5 aromatic rings. The van der Waals surface area contributed by atoms with Crippen molar-refractivity contribution in [3.05, 3.63) is 97.1 Å². The zero-order chi connectivity index (χ0) is 23.0. The molecule has 0 bridgehead atoms. The van der Waals surface area contributed by atoms with Gasteiger partial charge in [-0.3, -0.25) is 9.97 Å². The third-order valence-electron chi connectivity index (χ3n) is 6.28. The summed E-state index contributed by atoms with van der Waals surface area (Å²) in [5.41, 5.74) is 4.74. The molecule has 6 heteroatoms. The Kier molecular flexibility index (Phi) is 4.91. The highest BCUT2D eigenvalue weighted by atomic mass is 16.5. The maximum atomic E-state index is 5.43. The molecule has 1 fully saturated rings. The Morgan fingerprint density at radius 3 is 2.47 bits per heavy atom. The lowest BCUT2D eigenvalue weighted by molar-refractivity contribution is 0.415. The van der Waals surface area contributed by atoms with E-state index in [0.29, 0.717) is 5.82 Å². The highest BCUT2D eigenvalue weighted by Gasteiger charge is 2.46. The average Bonchev–Trinajstić information content (AvgIpc) is 3.70. The third kappa shape index (κ3) is 3.73. The third-order valence-corrected chi connectivity index (χ3v) is 6.28. The zero-order valence-corrected chi connectivity index (χ0v) is 18.8. The van der Waals surface area contributed by atoms with Crippen molar-refractivity contribution < 1.29 is 4.74 Å². The van der Waals surface area contributed by atoms with Gasteiger partial charge in [-0.05, 0) is 72.5 Å². The van der Waals surface area contributed by atoms with Crippen LogP contribution in [0.25, 0.3) is 33.4 Å². The van der Waals surface area contributed by atoms with Crippen LogP contribution in [-0.4, -0.2) is 27.0 Å². The molecule has 0 amide bonds. The number of nitrogens with one attached hydrogen (secondary N) is 1. The Balaban J connectivity index is 1.50. The number of anilines is 1. The molecule has 0 radical (unpaired) electrons. The molecule has 6 nitrogen and oxygen atoms in total. The molecule has 166 valence electrons. The van der Waals surface area contributed by atoms with Gasteiger partial charge in [-0.15, -0.1) is 0 Å². The summed E-state index contributed by atoms with van der Waals surface area (Å²) < 4.78 is 5.43. The van der Waals surface area contributed by atoms with Crippen LogP contribution in [0.5, 0.6) is 5.75 Å². The number of rotatable bonds is 6. The number of ether oxygens (including phenoxy) is 1. The molecule has 0 saturated heterocycles. The fraction of sp³-hybridized carbons (Fsp3) is 0.143. The number of fused-ring (bicyclic) bond motifs is 1. The first-order chi connectivity index (χ1) is 16.7. The van der Waals surface area contributed by atoms with Crippen molar-refractivity contribution in [1.29, 1.82) is 0 Å². The lowest BCUT2D eigenvalue weighted by Gasteiger charge is -2.20. The summed E-state index contributed by atoms with van der Waals surface area (Å²) in [5, 5.41) is 4.71. The van der Waals surface area contributed by atoms with Crippen molar-refractivity contribution >= 4 is 16.7 Å². The van der Waals surface area contributed by atoms with Crippen LogP contribution in [0.4, 0.5) is 5.82 Å². The van der Waals surface area contributed by atoms with Gasteiger partial charge in [-0.1, -0.05) is 24.3 Å². The smallest absolute Gasteiger partial charge is 0.163 e. The van der Waals surface area contributed by atoms with E-state index in [9.17, 15) is 0 Å². The molecule has 3 aromatic heterocycles. The first-order valence-corrected chi connectivity index (χ1v) is 11.3. The number of aromatic nitrogens is 4. The normalized spacial score (nSPS) is 14.0. The zero-order valence-electron chi connectivity index (χ0n) is 18.8. The topological polar surface area (TPSA) is 72.8 Å². The summed E-state index contributed by atoms with van der Waals surface area (Å²) in [6, 6.07) is 24.3. The molecule has 0 unspecified atom stereocenters. The minimum atomic E-state index is -0.208. The lowest BCUT2D eigenvalue weighted by Crippen LogP contribution is -2.21. The quantitative estimate of drug-likeness (QED) is 0.353. The minimum Gasteiger partial charge on any atom is -0.497 e. The van der Waals surface area contributed by atoms with Gasteiger partial charge in [0, 0.05) is 29.5 Å². The van der Waals surface area contributed by atoms with E-state index in [1.54, 1.807) is 19.5 Å². The predicted octanol–water partition coefficient (Wildman–Crippen LogP) is 5.86. The van der Waals surface area contributed by atoms with E-state index in [-0.39, 0.29) is 5.54 Å². The largest absolute Gasteiger partial charge is 0.497 e. The standard InChI is InChI=1S/C28H23N5O/c1-34-22-8-4-6-19(16-22)20-10-11-24-23(17-20)27(32-26(31-24)21-7-5-14-29-18-21)33-28(12-13-28)25-9-2-3-15-30-25/h2-11,14-18H,12-13H2,1H3,(H,31,32,33). The summed E-state index contributed by atoms with van der Waals surface area (Å²) in [7, 11) is 1.68. The number of hydrogen-bond acceptors (Lipinski definition) is 6. The second-order valence-corrected chi connectivity index (χ2v) is 8.52. The molecule has 34 heavy (non-hydrogen) atoms. The lowest BCUT2D eigenvalue weighted by atomic mass is 10.0. The molecule has 2 aromatic carbocycles. The van der Waals surface area contributed by atoms with Crippen LogP contribution in [0, 0.1) is 0 Å². The van der Waals surface area contributed by atoms with E-state index >= 15 is 0 Å². The van der Waals surface area contributed by atoms with Crippen LogP contribution in [0.2, 0.25) is 0 Å². The van der Waals surface area contributed by atoms with Gasteiger partial charge in [0.2, 0.25) is 0 Å². The molecule has 1 aliphatic rings. The summed E-state index contributed by atoms with van der Waals surface area (Å²) in [4.78, 5) is 18.7. The van der Waals surface area contributed by atoms with Crippen molar-refractivity contribution in [2.24, 2.45) is 0 Å². The maximum absolute atomic E-state index is 5.43. The minimum absolute atomic E-state index is 0.208. The molecule has 6 rings (SSSR count). The highest BCUT2D eigenvalue weighted by Crippen LogP contribution is 2.48. The molecular formula is C28H23N5O. The second kappa shape index (κ2) is 8.23. The summed E-state index contributed by atoms with van der Waals surface area (Å²) >= 11 is 0. The Morgan fingerprint density at radius 2 is 1.71 bits per heavy atom. The van der Waals surface area contributed by atoms with E-state index in [2.05, 4.69) is 45.6 Å². The summed E-state index contributed by atoms with van der Waals surface area (Å²) in [6.45, 7) is 0. The van der Waals surface area contributed by atoms with Crippen molar-refractivity contribution in [2.45, 2.75) is 18.4 Å². The molecule has 0 spiro atoms. The fourth-order valence-electron chi connectivity index (χ4n) is 4.27. The maximum Gasteiger partial charge on any atom is 0.163 e. The molecule has 3 heterocycles. The van der Waals surface area contributed by atoms with Crippen molar-refractivity contribution in [1.82, 2.24) is 19.9 Å². The Morgan fingerprint density at radius 1 is 0.824 bits per heavy atom. The van der Waals surface area contributed by atoms with E-state index < -0.39 is 0 Å².